The van der Waals surface area contributed by atoms with E-state index >= 15 is 0 Å². The number of rotatable bonds is 5. The third-order valence-electron chi connectivity index (χ3n) is 4.39. The Morgan fingerprint density at radius 3 is 2.89 bits per heavy atom. The molecule has 2 rings (SSSR count). The average Bonchev–Trinajstić information content (AvgIpc) is 2.88. The van der Waals surface area contributed by atoms with Crippen LogP contribution in [0.3, 0.4) is 0 Å². The van der Waals surface area contributed by atoms with Crippen molar-refractivity contribution in [2.24, 2.45) is 17.7 Å². The third kappa shape index (κ3) is 3.77. The van der Waals surface area contributed by atoms with Gasteiger partial charge in [-0.25, -0.2) is 4.39 Å². The summed E-state index contributed by atoms with van der Waals surface area (Å²) in [7, 11) is 0. The molecule has 3 atom stereocenters. The molecule has 3 unspecified atom stereocenters. The van der Waals surface area contributed by atoms with Gasteiger partial charge in [-0.3, -0.25) is 11.3 Å². The Balaban J connectivity index is 2.05. The molecule has 0 spiro atoms. The quantitative estimate of drug-likeness (QED) is 0.637. The standard InChI is InChI=1S/C15H22BrFN2/c1-2-10-3-4-11(7-10)15(19-18)9-12-8-13(16)5-6-14(12)17/h5-6,8,10-11,15,19H,2-4,7,9,18H2,1H3. The Hall–Kier alpha value is -0.450. The Bertz CT molecular complexity index is 425. The fourth-order valence-electron chi connectivity index (χ4n) is 3.15. The molecule has 4 heteroatoms. The number of nitrogens with two attached hydrogens (primary N) is 1. The molecular weight excluding hydrogens is 307 g/mol. The van der Waals surface area contributed by atoms with Gasteiger partial charge >= 0.3 is 0 Å². The first-order valence-electron chi connectivity index (χ1n) is 7.04. The Morgan fingerprint density at radius 1 is 1.47 bits per heavy atom. The van der Waals surface area contributed by atoms with Crippen molar-refractivity contribution in [1.29, 1.82) is 0 Å². The highest BCUT2D eigenvalue weighted by Gasteiger charge is 2.30. The van der Waals surface area contributed by atoms with E-state index in [0.717, 1.165) is 16.0 Å². The molecule has 0 bridgehead atoms. The summed E-state index contributed by atoms with van der Waals surface area (Å²) in [5.41, 5.74) is 3.64. The van der Waals surface area contributed by atoms with Crippen LogP contribution >= 0.6 is 15.9 Å². The van der Waals surface area contributed by atoms with Crippen LogP contribution in [0.5, 0.6) is 0 Å². The van der Waals surface area contributed by atoms with Crippen molar-refractivity contribution < 1.29 is 4.39 Å². The summed E-state index contributed by atoms with van der Waals surface area (Å²) in [4.78, 5) is 0. The van der Waals surface area contributed by atoms with Gasteiger partial charge in [0.2, 0.25) is 0 Å². The van der Waals surface area contributed by atoms with Crippen LogP contribution in [0, 0.1) is 17.7 Å². The van der Waals surface area contributed by atoms with Crippen molar-refractivity contribution in [1.82, 2.24) is 5.43 Å². The summed E-state index contributed by atoms with van der Waals surface area (Å²) in [6, 6.07) is 5.26. The van der Waals surface area contributed by atoms with Crippen molar-refractivity contribution >= 4 is 15.9 Å². The smallest absolute Gasteiger partial charge is 0.126 e. The monoisotopic (exact) mass is 328 g/mol. The number of hydrazine groups is 1. The molecule has 0 heterocycles. The second-order valence-electron chi connectivity index (χ2n) is 5.56. The fraction of sp³-hybridized carbons (Fsp3) is 0.600. The van der Waals surface area contributed by atoms with Crippen molar-refractivity contribution in [3.05, 3.63) is 34.1 Å². The molecule has 0 saturated heterocycles. The lowest BCUT2D eigenvalue weighted by Gasteiger charge is -2.23. The van der Waals surface area contributed by atoms with Crippen LogP contribution in [0.1, 0.15) is 38.2 Å². The minimum absolute atomic E-state index is 0.145. The first-order chi connectivity index (χ1) is 9.13. The summed E-state index contributed by atoms with van der Waals surface area (Å²) in [5, 5.41) is 0. The van der Waals surface area contributed by atoms with Gasteiger partial charge in [-0.1, -0.05) is 35.7 Å². The maximum atomic E-state index is 13.8. The molecule has 0 radical (unpaired) electrons. The second-order valence-corrected chi connectivity index (χ2v) is 6.48. The normalized spacial score (nSPS) is 24.6. The van der Waals surface area contributed by atoms with Crippen LogP contribution in [0.2, 0.25) is 0 Å². The predicted molar refractivity (Wildman–Crippen MR) is 80.0 cm³/mol. The number of benzene rings is 1. The molecule has 3 N–H and O–H groups in total. The lowest BCUT2D eigenvalue weighted by Crippen LogP contribution is -2.42. The van der Waals surface area contributed by atoms with Gasteiger partial charge in [-0.05, 0) is 54.9 Å². The lowest BCUT2D eigenvalue weighted by molar-refractivity contribution is 0.345. The summed E-state index contributed by atoms with van der Waals surface area (Å²) in [6.07, 6.45) is 5.58. The number of nitrogens with one attached hydrogen (secondary N) is 1. The third-order valence-corrected chi connectivity index (χ3v) is 4.88. The van der Waals surface area contributed by atoms with E-state index < -0.39 is 0 Å². The number of hydrogen-bond acceptors (Lipinski definition) is 2. The second kappa shape index (κ2) is 6.82. The molecule has 1 saturated carbocycles. The highest BCUT2D eigenvalue weighted by molar-refractivity contribution is 9.10. The van der Waals surface area contributed by atoms with Gasteiger partial charge in [0.05, 0.1) is 0 Å². The zero-order valence-corrected chi connectivity index (χ0v) is 12.9. The molecule has 1 aromatic carbocycles. The summed E-state index contributed by atoms with van der Waals surface area (Å²) >= 11 is 3.39. The largest absolute Gasteiger partial charge is 0.271 e. The number of halogens is 2. The highest BCUT2D eigenvalue weighted by atomic mass is 79.9. The summed E-state index contributed by atoms with van der Waals surface area (Å²) < 4.78 is 14.7. The minimum atomic E-state index is -0.145. The predicted octanol–water partition coefficient (Wildman–Crippen LogP) is 3.79. The minimum Gasteiger partial charge on any atom is -0.271 e. The molecule has 0 aromatic heterocycles. The summed E-state index contributed by atoms with van der Waals surface area (Å²) in [5.74, 6) is 6.92. The van der Waals surface area contributed by atoms with E-state index in [2.05, 4.69) is 28.3 Å². The van der Waals surface area contributed by atoms with Crippen LogP contribution in [-0.4, -0.2) is 6.04 Å². The van der Waals surface area contributed by atoms with E-state index in [-0.39, 0.29) is 11.9 Å². The van der Waals surface area contributed by atoms with E-state index in [1.54, 1.807) is 6.07 Å². The molecule has 1 aromatic rings. The molecule has 106 valence electrons. The Kier molecular flexibility index (Phi) is 5.37. The fourth-order valence-corrected chi connectivity index (χ4v) is 3.56. The molecule has 1 fully saturated rings. The van der Waals surface area contributed by atoms with E-state index in [4.69, 9.17) is 5.84 Å². The van der Waals surface area contributed by atoms with Crippen LogP contribution in [0.25, 0.3) is 0 Å². The summed E-state index contributed by atoms with van der Waals surface area (Å²) in [6.45, 7) is 2.24. The zero-order chi connectivity index (χ0) is 13.8. The van der Waals surface area contributed by atoms with E-state index in [1.807, 2.05) is 6.07 Å². The number of hydrogen-bond donors (Lipinski definition) is 2. The molecule has 0 aliphatic heterocycles. The molecular formula is C15H22BrFN2. The van der Waals surface area contributed by atoms with Gasteiger partial charge in [0.15, 0.2) is 0 Å². The van der Waals surface area contributed by atoms with Gasteiger partial charge in [0.25, 0.3) is 0 Å². The van der Waals surface area contributed by atoms with Crippen molar-refractivity contribution in [2.45, 2.75) is 45.1 Å². The zero-order valence-electron chi connectivity index (χ0n) is 11.3. The SMILES string of the molecule is CCC1CCC(C(Cc2cc(Br)ccc2F)NN)C1. The first kappa shape index (κ1) is 14.9. The molecule has 1 aliphatic carbocycles. The van der Waals surface area contributed by atoms with Gasteiger partial charge in [-0.2, -0.15) is 0 Å². The van der Waals surface area contributed by atoms with Crippen LogP contribution in [0.4, 0.5) is 4.39 Å². The Labute approximate surface area is 123 Å². The average molecular weight is 329 g/mol. The van der Waals surface area contributed by atoms with Crippen molar-refractivity contribution in [3.63, 3.8) is 0 Å². The van der Waals surface area contributed by atoms with E-state index in [9.17, 15) is 4.39 Å². The topological polar surface area (TPSA) is 38.0 Å². The van der Waals surface area contributed by atoms with Crippen LogP contribution in [-0.2, 0) is 6.42 Å². The Morgan fingerprint density at radius 2 is 2.26 bits per heavy atom. The maximum Gasteiger partial charge on any atom is 0.126 e. The van der Waals surface area contributed by atoms with Gasteiger partial charge < -0.3 is 0 Å². The van der Waals surface area contributed by atoms with Gasteiger partial charge in [-0.15, -0.1) is 0 Å². The van der Waals surface area contributed by atoms with E-state index in [0.29, 0.717) is 12.3 Å². The highest BCUT2D eigenvalue weighted by Crippen LogP contribution is 2.35. The molecule has 19 heavy (non-hydrogen) atoms. The van der Waals surface area contributed by atoms with Gasteiger partial charge in [0, 0.05) is 10.5 Å². The van der Waals surface area contributed by atoms with E-state index in [1.165, 1.54) is 31.7 Å². The van der Waals surface area contributed by atoms with Crippen LogP contribution in [0.15, 0.2) is 22.7 Å². The van der Waals surface area contributed by atoms with Crippen LogP contribution < -0.4 is 11.3 Å². The molecule has 1 aliphatic rings. The molecule has 2 nitrogen and oxygen atoms in total. The maximum absolute atomic E-state index is 13.8. The molecule has 0 amide bonds. The first-order valence-corrected chi connectivity index (χ1v) is 7.83. The lowest BCUT2D eigenvalue weighted by atomic mass is 9.91. The van der Waals surface area contributed by atoms with Gasteiger partial charge in [0.1, 0.15) is 5.82 Å². The van der Waals surface area contributed by atoms with Crippen molar-refractivity contribution in [3.8, 4) is 0 Å². The van der Waals surface area contributed by atoms with Crippen molar-refractivity contribution in [2.75, 3.05) is 0 Å².